The smallest absolute Gasteiger partial charge is 0.309 e. The number of amides is 1. The van der Waals surface area contributed by atoms with E-state index in [9.17, 15) is 19.1 Å². The molecule has 0 fully saturated rings. The fraction of sp³-hybridized carbons (Fsp3) is 0.267. The minimum Gasteiger partial charge on any atom is -0.481 e. The van der Waals surface area contributed by atoms with Gasteiger partial charge in [0.2, 0.25) is 5.91 Å². The van der Waals surface area contributed by atoms with Crippen LogP contribution < -0.4 is 11.1 Å². The Morgan fingerprint density at radius 3 is 2.74 bits per heavy atom. The van der Waals surface area contributed by atoms with Gasteiger partial charge in [0.15, 0.2) is 5.82 Å². The Balaban J connectivity index is 1.42. The van der Waals surface area contributed by atoms with Gasteiger partial charge in [-0.15, -0.1) is 11.3 Å². The largest absolute Gasteiger partial charge is 0.481 e. The fourth-order valence-corrected chi connectivity index (χ4v) is 6.44. The summed E-state index contributed by atoms with van der Waals surface area (Å²) in [6, 6.07) is 10.4. The first-order chi connectivity index (χ1) is 20.3. The number of aryl methyl sites for hydroxylation is 1. The maximum absolute atomic E-state index is 14.9. The van der Waals surface area contributed by atoms with Crippen molar-refractivity contribution in [2.45, 2.75) is 46.1 Å². The van der Waals surface area contributed by atoms with Gasteiger partial charge < -0.3 is 16.2 Å². The van der Waals surface area contributed by atoms with Gasteiger partial charge in [0, 0.05) is 27.8 Å². The third-order valence-electron chi connectivity index (χ3n) is 7.82. The Kier molecular flexibility index (Phi) is 6.73. The molecule has 0 spiro atoms. The number of nitrogen functional groups attached to an aromatic ring is 1. The third-order valence-corrected chi connectivity index (χ3v) is 9.17. The van der Waals surface area contributed by atoms with Crippen LogP contribution in [0.4, 0.5) is 16.0 Å². The van der Waals surface area contributed by atoms with Crippen LogP contribution in [-0.4, -0.2) is 41.7 Å². The van der Waals surface area contributed by atoms with E-state index in [0.717, 1.165) is 0 Å². The van der Waals surface area contributed by atoms with Gasteiger partial charge in [-0.1, -0.05) is 29.8 Å². The molecule has 220 valence electrons. The van der Waals surface area contributed by atoms with Crippen molar-refractivity contribution in [2.24, 2.45) is 5.41 Å². The molecule has 3 aromatic heterocycles. The summed E-state index contributed by atoms with van der Waals surface area (Å²) in [4.78, 5) is 38.9. The molecule has 6 rings (SSSR count). The summed E-state index contributed by atoms with van der Waals surface area (Å²) in [5.74, 6) is -1.14. The van der Waals surface area contributed by atoms with Gasteiger partial charge >= 0.3 is 5.97 Å². The molecule has 1 unspecified atom stereocenters. The summed E-state index contributed by atoms with van der Waals surface area (Å²) in [7, 11) is 0. The molecular weight excluding hydrogens is 593 g/mol. The second-order valence-corrected chi connectivity index (χ2v) is 12.8. The van der Waals surface area contributed by atoms with E-state index in [0.29, 0.717) is 49.0 Å². The lowest BCUT2D eigenvalue weighted by atomic mass is 9.85. The van der Waals surface area contributed by atoms with E-state index in [2.05, 4.69) is 20.3 Å². The zero-order chi connectivity index (χ0) is 30.8. The molecule has 2 aromatic carbocycles. The summed E-state index contributed by atoms with van der Waals surface area (Å²) in [6.07, 6.45) is 0.195. The van der Waals surface area contributed by atoms with E-state index in [1.54, 1.807) is 74.2 Å². The number of fused-ring (bicyclic) bond motifs is 2. The zero-order valence-corrected chi connectivity index (χ0v) is 25.3. The van der Waals surface area contributed by atoms with Crippen molar-refractivity contribution in [3.63, 3.8) is 0 Å². The van der Waals surface area contributed by atoms with E-state index in [-0.39, 0.29) is 42.2 Å². The highest BCUT2D eigenvalue weighted by atomic mass is 35.5. The van der Waals surface area contributed by atoms with Crippen molar-refractivity contribution in [2.75, 3.05) is 11.1 Å². The number of halogens is 2. The summed E-state index contributed by atoms with van der Waals surface area (Å²) in [6.45, 7) is 6.79. The first-order valence-corrected chi connectivity index (χ1v) is 14.6. The number of nitrogens with two attached hydrogens (primary N) is 1. The Labute approximate surface area is 254 Å². The third kappa shape index (κ3) is 4.70. The summed E-state index contributed by atoms with van der Waals surface area (Å²) < 4.78 is 16.5. The van der Waals surface area contributed by atoms with Crippen LogP contribution in [0.25, 0.3) is 22.4 Å². The average Bonchev–Trinajstić information content (AvgIpc) is 3.61. The highest BCUT2D eigenvalue weighted by molar-refractivity contribution is 7.10. The van der Waals surface area contributed by atoms with Crippen molar-refractivity contribution < 1.29 is 19.1 Å². The number of carbonyl (C=O) groups is 2. The van der Waals surface area contributed by atoms with Gasteiger partial charge in [0.25, 0.3) is 0 Å². The van der Waals surface area contributed by atoms with Crippen LogP contribution in [0.3, 0.4) is 0 Å². The summed E-state index contributed by atoms with van der Waals surface area (Å²) in [5.41, 5.74) is 7.18. The minimum absolute atomic E-state index is 0.0739. The van der Waals surface area contributed by atoms with Crippen LogP contribution in [-0.2, 0) is 28.0 Å². The predicted molar refractivity (Wildman–Crippen MR) is 163 cm³/mol. The van der Waals surface area contributed by atoms with E-state index < -0.39 is 16.8 Å². The highest BCUT2D eigenvalue weighted by Crippen LogP contribution is 2.46. The molecule has 0 saturated heterocycles. The number of nitrogens with zero attached hydrogens (tertiary/aromatic N) is 5. The molecule has 1 atom stereocenters. The molecule has 4 N–H and O–H groups in total. The number of carbonyl (C=O) groups excluding carboxylic acids is 1. The van der Waals surface area contributed by atoms with Gasteiger partial charge in [-0.25, -0.2) is 19.3 Å². The fourth-order valence-electron chi connectivity index (χ4n) is 5.29. The maximum Gasteiger partial charge on any atom is 0.309 e. The number of anilines is 2. The van der Waals surface area contributed by atoms with Gasteiger partial charge in [0.05, 0.1) is 28.7 Å². The van der Waals surface area contributed by atoms with Gasteiger partial charge in [-0.05, 0) is 51.5 Å². The Morgan fingerprint density at radius 1 is 1.23 bits per heavy atom. The second-order valence-electron chi connectivity index (χ2n) is 11.5. The molecule has 13 heteroatoms. The van der Waals surface area contributed by atoms with Crippen molar-refractivity contribution >= 4 is 57.4 Å². The van der Waals surface area contributed by atoms with Crippen LogP contribution >= 0.6 is 22.9 Å². The topological polar surface area (TPSA) is 149 Å². The molecule has 1 amide bonds. The number of hydrogen-bond donors (Lipinski definition) is 3. The standard InChI is InChI=1S/C30H27ClFN7O3S/c1-14-6-5-7-15(21(14)32)12-39-19-10-16(31)8-9-18(19)22(38-39)25-35-23(33)20-24(36-25)37-26(40)30(20,4)27-34-17(13-43-27)11-29(2,3)28(41)42/h5-10,13H,11-12H2,1-4H3,(H,41,42)(H3,33,35,36,37,40). The van der Waals surface area contributed by atoms with Crippen molar-refractivity contribution in [3.05, 3.63) is 80.0 Å². The van der Waals surface area contributed by atoms with E-state index in [4.69, 9.17) is 22.4 Å². The molecule has 4 heterocycles. The molecule has 0 bridgehead atoms. The monoisotopic (exact) mass is 619 g/mol. The number of hydrogen-bond acceptors (Lipinski definition) is 8. The van der Waals surface area contributed by atoms with Crippen LogP contribution in [0.1, 0.15) is 48.2 Å². The number of carboxylic acid groups (broad SMARTS) is 1. The Morgan fingerprint density at radius 2 is 2.00 bits per heavy atom. The first kappa shape index (κ1) is 28.7. The van der Waals surface area contributed by atoms with Gasteiger partial charge in [-0.3, -0.25) is 14.3 Å². The lowest BCUT2D eigenvalue weighted by molar-refractivity contribution is -0.146. The Hall–Kier alpha value is -4.42. The molecular formula is C30H27ClFN7O3S. The molecule has 43 heavy (non-hydrogen) atoms. The van der Waals surface area contributed by atoms with Gasteiger partial charge in [0.1, 0.15) is 33.6 Å². The maximum atomic E-state index is 14.9. The molecule has 0 saturated carbocycles. The quantitative estimate of drug-likeness (QED) is 0.213. The number of aliphatic carboxylic acids is 1. The molecule has 0 aliphatic carbocycles. The van der Waals surface area contributed by atoms with Gasteiger partial charge in [-0.2, -0.15) is 5.10 Å². The first-order valence-electron chi connectivity index (χ1n) is 13.4. The number of aromatic nitrogens is 5. The lowest BCUT2D eigenvalue weighted by Gasteiger charge is -2.20. The lowest BCUT2D eigenvalue weighted by Crippen LogP contribution is -2.33. The van der Waals surface area contributed by atoms with Crippen molar-refractivity contribution in [1.29, 1.82) is 0 Å². The zero-order valence-electron chi connectivity index (χ0n) is 23.7. The number of benzene rings is 2. The second kappa shape index (κ2) is 10.1. The number of carboxylic acids is 1. The molecule has 1 aliphatic heterocycles. The van der Waals surface area contributed by atoms with Crippen molar-refractivity contribution in [3.8, 4) is 11.5 Å². The molecule has 1 aliphatic rings. The predicted octanol–water partition coefficient (Wildman–Crippen LogP) is 5.59. The van der Waals surface area contributed by atoms with E-state index >= 15 is 0 Å². The Bertz CT molecular complexity index is 1970. The molecule has 0 radical (unpaired) electrons. The molecule has 10 nitrogen and oxygen atoms in total. The van der Waals surface area contributed by atoms with Crippen LogP contribution in [0.5, 0.6) is 0 Å². The molecule has 5 aromatic rings. The normalized spacial score (nSPS) is 16.5. The van der Waals surface area contributed by atoms with E-state index in [1.165, 1.54) is 11.3 Å². The number of thiazole rings is 1. The van der Waals surface area contributed by atoms with Crippen LogP contribution in [0.2, 0.25) is 5.02 Å². The van der Waals surface area contributed by atoms with Crippen LogP contribution in [0.15, 0.2) is 41.8 Å². The number of rotatable bonds is 7. The van der Waals surface area contributed by atoms with Crippen molar-refractivity contribution in [1.82, 2.24) is 24.7 Å². The average molecular weight is 620 g/mol. The SMILES string of the molecule is Cc1cccc(Cn2nc(-c3nc(N)c4c(n3)NC(=O)C4(C)c3nc(CC(C)(C)C(=O)O)cs3)c3ccc(Cl)cc32)c1F. The van der Waals surface area contributed by atoms with E-state index in [1.807, 2.05) is 0 Å². The minimum atomic E-state index is -1.29. The number of nitrogens with one attached hydrogen (secondary N) is 1. The van der Waals surface area contributed by atoms with Crippen LogP contribution in [0, 0.1) is 18.2 Å². The highest BCUT2D eigenvalue weighted by Gasteiger charge is 2.50. The summed E-state index contributed by atoms with van der Waals surface area (Å²) >= 11 is 7.57. The summed E-state index contributed by atoms with van der Waals surface area (Å²) in [5, 5.41) is 20.5.